The van der Waals surface area contributed by atoms with Crippen LogP contribution in [0.4, 0.5) is 0 Å². The molecule has 2 nitrogen and oxygen atoms in total. The molecule has 0 spiro atoms. The van der Waals surface area contributed by atoms with Crippen molar-refractivity contribution in [3.63, 3.8) is 0 Å². The summed E-state index contributed by atoms with van der Waals surface area (Å²) in [4.78, 5) is 15.0. The van der Waals surface area contributed by atoms with Crippen molar-refractivity contribution in [1.29, 1.82) is 0 Å². The minimum absolute atomic E-state index is 0.0849. The Morgan fingerprint density at radius 3 is 1.76 bits per heavy atom. The van der Waals surface area contributed by atoms with Gasteiger partial charge in [-0.25, -0.2) is 0 Å². The summed E-state index contributed by atoms with van der Waals surface area (Å²) in [5.74, 6) is 0.369. The van der Waals surface area contributed by atoms with Crippen molar-refractivity contribution >= 4 is 5.91 Å². The van der Waals surface area contributed by atoms with E-state index in [0.717, 1.165) is 19.4 Å². The SMILES string of the molecule is CCCCC(CCCC)N(CCCC)C(=O)CC(C)(C)C. The van der Waals surface area contributed by atoms with Crippen molar-refractivity contribution in [2.45, 2.75) is 105 Å². The van der Waals surface area contributed by atoms with Crippen LogP contribution in [0.3, 0.4) is 0 Å². The summed E-state index contributed by atoms with van der Waals surface area (Å²) in [6.07, 6.45) is 10.2. The van der Waals surface area contributed by atoms with Gasteiger partial charge in [-0.15, -0.1) is 0 Å². The maximum Gasteiger partial charge on any atom is 0.223 e. The van der Waals surface area contributed by atoms with Crippen LogP contribution in [0.5, 0.6) is 0 Å². The molecule has 0 aromatic rings. The van der Waals surface area contributed by atoms with Gasteiger partial charge in [0.05, 0.1) is 0 Å². The molecular formula is C19H39NO. The van der Waals surface area contributed by atoms with E-state index >= 15 is 0 Å². The van der Waals surface area contributed by atoms with Crippen molar-refractivity contribution in [3.05, 3.63) is 0 Å². The van der Waals surface area contributed by atoms with Gasteiger partial charge in [-0.1, -0.05) is 73.6 Å². The maximum atomic E-state index is 12.8. The summed E-state index contributed by atoms with van der Waals surface area (Å²) in [6, 6.07) is 0.464. The fourth-order valence-electron chi connectivity index (χ4n) is 2.73. The Kier molecular flexibility index (Phi) is 10.8. The van der Waals surface area contributed by atoms with Crippen molar-refractivity contribution < 1.29 is 4.79 Å². The smallest absolute Gasteiger partial charge is 0.223 e. The van der Waals surface area contributed by atoms with Gasteiger partial charge >= 0.3 is 0 Å². The second kappa shape index (κ2) is 11.1. The first kappa shape index (κ1) is 20.5. The highest BCUT2D eigenvalue weighted by Crippen LogP contribution is 2.24. The monoisotopic (exact) mass is 297 g/mol. The first-order valence-electron chi connectivity index (χ1n) is 9.15. The average Bonchev–Trinajstić information content (AvgIpc) is 2.39. The largest absolute Gasteiger partial charge is 0.340 e. The molecule has 0 aromatic carbocycles. The van der Waals surface area contributed by atoms with Gasteiger partial charge in [0, 0.05) is 19.0 Å². The lowest BCUT2D eigenvalue weighted by Gasteiger charge is -2.34. The van der Waals surface area contributed by atoms with E-state index in [0.29, 0.717) is 18.4 Å². The van der Waals surface area contributed by atoms with Gasteiger partial charge in [0.2, 0.25) is 5.91 Å². The summed E-state index contributed by atoms with van der Waals surface area (Å²) in [5, 5.41) is 0. The van der Waals surface area contributed by atoms with Gasteiger partial charge in [-0.05, 0) is 24.7 Å². The molecule has 0 saturated heterocycles. The highest BCUT2D eigenvalue weighted by atomic mass is 16.2. The Bertz CT molecular complexity index is 259. The molecule has 2 heteroatoms. The zero-order valence-corrected chi connectivity index (χ0v) is 15.5. The normalized spacial score (nSPS) is 12.0. The van der Waals surface area contributed by atoms with E-state index in [9.17, 15) is 4.79 Å². The molecule has 0 fully saturated rings. The topological polar surface area (TPSA) is 20.3 Å². The van der Waals surface area contributed by atoms with E-state index in [-0.39, 0.29) is 5.41 Å². The predicted molar refractivity (Wildman–Crippen MR) is 93.5 cm³/mol. The van der Waals surface area contributed by atoms with Crippen LogP contribution < -0.4 is 0 Å². The molecule has 21 heavy (non-hydrogen) atoms. The van der Waals surface area contributed by atoms with E-state index in [2.05, 4.69) is 46.4 Å². The molecule has 0 saturated carbocycles. The maximum absolute atomic E-state index is 12.8. The quantitative estimate of drug-likeness (QED) is 0.472. The molecule has 0 aliphatic carbocycles. The van der Waals surface area contributed by atoms with Crippen LogP contribution in [-0.4, -0.2) is 23.4 Å². The average molecular weight is 298 g/mol. The molecule has 0 unspecified atom stereocenters. The predicted octanol–water partition coefficient (Wildman–Crippen LogP) is 5.80. The van der Waals surface area contributed by atoms with E-state index in [1.165, 1.54) is 38.5 Å². The Hall–Kier alpha value is -0.530. The van der Waals surface area contributed by atoms with Gasteiger partial charge in [-0.2, -0.15) is 0 Å². The van der Waals surface area contributed by atoms with E-state index in [4.69, 9.17) is 0 Å². The third kappa shape index (κ3) is 9.92. The van der Waals surface area contributed by atoms with Gasteiger partial charge in [0.25, 0.3) is 0 Å². The number of nitrogens with zero attached hydrogens (tertiary/aromatic N) is 1. The van der Waals surface area contributed by atoms with E-state index in [1.54, 1.807) is 0 Å². The number of carbonyl (C=O) groups excluding carboxylic acids is 1. The van der Waals surface area contributed by atoms with E-state index < -0.39 is 0 Å². The molecule has 0 bridgehead atoms. The summed E-state index contributed by atoms with van der Waals surface area (Å²) < 4.78 is 0. The summed E-state index contributed by atoms with van der Waals surface area (Å²) in [6.45, 7) is 14.1. The molecule has 126 valence electrons. The summed E-state index contributed by atoms with van der Waals surface area (Å²) in [5.41, 5.74) is 0.0849. The lowest BCUT2D eigenvalue weighted by Crippen LogP contribution is -2.42. The minimum atomic E-state index is 0.0849. The van der Waals surface area contributed by atoms with Gasteiger partial charge in [-0.3, -0.25) is 4.79 Å². The Morgan fingerprint density at radius 1 is 0.905 bits per heavy atom. The molecule has 0 rings (SSSR count). The standard InChI is InChI=1S/C19H39NO/c1-7-10-13-17(14-11-8-2)20(15-12-9-3)18(21)16-19(4,5)6/h17H,7-16H2,1-6H3. The van der Waals surface area contributed by atoms with Crippen LogP contribution in [-0.2, 0) is 4.79 Å². The first-order valence-corrected chi connectivity index (χ1v) is 9.15. The van der Waals surface area contributed by atoms with Gasteiger partial charge < -0.3 is 4.90 Å². The van der Waals surface area contributed by atoms with Crippen LogP contribution >= 0.6 is 0 Å². The second-order valence-electron chi connectivity index (χ2n) is 7.62. The second-order valence-corrected chi connectivity index (χ2v) is 7.62. The molecule has 0 aromatic heterocycles. The molecule has 1 amide bonds. The third-order valence-electron chi connectivity index (χ3n) is 3.98. The fraction of sp³-hybridized carbons (Fsp3) is 0.947. The molecule has 0 heterocycles. The summed E-state index contributed by atoms with van der Waals surface area (Å²) in [7, 11) is 0. The van der Waals surface area contributed by atoms with Gasteiger partial charge in [0.15, 0.2) is 0 Å². The van der Waals surface area contributed by atoms with Crippen LogP contribution in [0.25, 0.3) is 0 Å². The third-order valence-corrected chi connectivity index (χ3v) is 3.98. The van der Waals surface area contributed by atoms with Crippen molar-refractivity contribution in [2.24, 2.45) is 5.41 Å². The number of hydrogen-bond donors (Lipinski definition) is 0. The lowest BCUT2D eigenvalue weighted by molar-refractivity contribution is -0.136. The number of carbonyl (C=O) groups is 1. The zero-order chi connectivity index (χ0) is 16.3. The number of amides is 1. The molecule has 0 radical (unpaired) electrons. The lowest BCUT2D eigenvalue weighted by atomic mass is 9.90. The number of unbranched alkanes of at least 4 members (excludes halogenated alkanes) is 3. The van der Waals surface area contributed by atoms with Crippen LogP contribution in [0.15, 0.2) is 0 Å². The fourth-order valence-corrected chi connectivity index (χ4v) is 2.73. The molecule has 0 atom stereocenters. The Morgan fingerprint density at radius 2 is 1.38 bits per heavy atom. The first-order chi connectivity index (χ1) is 9.85. The van der Waals surface area contributed by atoms with Crippen LogP contribution in [0.2, 0.25) is 0 Å². The molecule has 0 aliphatic rings. The van der Waals surface area contributed by atoms with Crippen LogP contribution in [0.1, 0.15) is 99.3 Å². The zero-order valence-electron chi connectivity index (χ0n) is 15.5. The molecule has 0 N–H and O–H groups in total. The highest BCUT2D eigenvalue weighted by Gasteiger charge is 2.26. The van der Waals surface area contributed by atoms with Crippen molar-refractivity contribution in [3.8, 4) is 0 Å². The molecular weight excluding hydrogens is 258 g/mol. The summed E-state index contributed by atoms with van der Waals surface area (Å²) >= 11 is 0. The minimum Gasteiger partial charge on any atom is -0.340 e. The number of rotatable bonds is 11. The van der Waals surface area contributed by atoms with Gasteiger partial charge in [0.1, 0.15) is 0 Å². The van der Waals surface area contributed by atoms with Crippen LogP contribution in [0, 0.1) is 5.41 Å². The Balaban J connectivity index is 4.86. The van der Waals surface area contributed by atoms with Crippen molar-refractivity contribution in [2.75, 3.05) is 6.54 Å². The number of hydrogen-bond acceptors (Lipinski definition) is 1. The molecule has 0 aliphatic heterocycles. The highest BCUT2D eigenvalue weighted by molar-refractivity contribution is 5.77. The van der Waals surface area contributed by atoms with E-state index in [1.807, 2.05) is 0 Å². The van der Waals surface area contributed by atoms with Crippen molar-refractivity contribution in [1.82, 2.24) is 4.90 Å². The Labute approximate surface area is 133 Å².